The molecule has 2 amide bonds. The topological polar surface area (TPSA) is 241 Å². The van der Waals surface area contributed by atoms with E-state index in [1.807, 2.05) is 13.0 Å². The van der Waals surface area contributed by atoms with Crippen LogP contribution >= 0.6 is 11.8 Å². The molecular formula is C37H36N8O9S2. The van der Waals surface area contributed by atoms with Gasteiger partial charge in [0, 0.05) is 31.1 Å². The Balaban J connectivity index is 1.46. The van der Waals surface area contributed by atoms with Crippen molar-refractivity contribution in [3.63, 3.8) is 0 Å². The molecule has 4 N–H and O–H groups in total. The number of hydrazone groups is 1. The van der Waals surface area contributed by atoms with Crippen LogP contribution in [-0.4, -0.2) is 56.9 Å². The molecule has 19 heteroatoms. The maximum atomic E-state index is 13.4. The quantitative estimate of drug-likeness (QED) is 0.0338. The predicted molar refractivity (Wildman–Crippen MR) is 210 cm³/mol. The third kappa shape index (κ3) is 9.73. The van der Waals surface area contributed by atoms with Crippen LogP contribution in [0.2, 0.25) is 0 Å². The molecule has 0 aliphatic carbocycles. The molecule has 0 spiro atoms. The van der Waals surface area contributed by atoms with Crippen molar-refractivity contribution < 1.29 is 33.0 Å². The maximum Gasteiger partial charge on any atom is 0.358 e. The van der Waals surface area contributed by atoms with Crippen molar-refractivity contribution >= 4 is 56.6 Å². The van der Waals surface area contributed by atoms with E-state index in [1.54, 1.807) is 77.6 Å². The zero-order valence-electron chi connectivity index (χ0n) is 30.0. The molecule has 1 aromatic heterocycles. The van der Waals surface area contributed by atoms with Crippen LogP contribution in [0.15, 0.2) is 112 Å². The molecule has 0 saturated heterocycles. The van der Waals surface area contributed by atoms with Gasteiger partial charge in [0.05, 0.1) is 20.8 Å². The minimum atomic E-state index is -4.30. The fourth-order valence-corrected chi connectivity index (χ4v) is 7.40. The molecule has 0 unspecified atom stereocenters. The largest absolute Gasteiger partial charge is 0.476 e. The Labute approximate surface area is 325 Å². The van der Waals surface area contributed by atoms with E-state index in [-0.39, 0.29) is 29.4 Å². The van der Waals surface area contributed by atoms with E-state index in [0.717, 1.165) is 36.6 Å². The van der Waals surface area contributed by atoms with Gasteiger partial charge in [-0.25, -0.2) is 27.7 Å². The molecule has 56 heavy (non-hydrogen) atoms. The Morgan fingerprint density at radius 3 is 2.27 bits per heavy atom. The highest BCUT2D eigenvalue weighted by Crippen LogP contribution is 2.31. The molecule has 0 radical (unpaired) electrons. The fourth-order valence-electron chi connectivity index (χ4n) is 5.64. The van der Waals surface area contributed by atoms with Gasteiger partial charge in [0.15, 0.2) is 5.71 Å². The monoisotopic (exact) mass is 800 g/mol. The summed E-state index contributed by atoms with van der Waals surface area (Å²) >= 11 is 1.19. The molecule has 5 aromatic rings. The number of anilines is 1. The highest BCUT2D eigenvalue weighted by atomic mass is 32.2. The number of carboxylic acids is 1. The molecule has 0 bridgehead atoms. The van der Waals surface area contributed by atoms with Gasteiger partial charge in [0.25, 0.3) is 15.7 Å². The van der Waals surface area contributed by atoms with E-state index in [0.29, 0.717) is 34.0 Å². The lowest BCUT2D eigenvalue weighted by molar-refractivity contribution is -0.393. The summed E-state index contributed by atoms with van der Waals surface area (Å²) in [6.07, 6.45) is 3.77. The molecule has 17 nitrogen and oxygen atoms in total. The van der Waals surface area contributed by atoms with Gasteiger partial charge < -0.3 is 15.0 Å². The van der Waals surface area contributed by atoms with Gasteiger partial charge in [-0.1, -0.05) is 86.1 Å². The number of nitrogens with one attached hydrogen (secondary N) is 3. The molecule has 1 heterocycles. The number of carbonyl (C=O) groups excluding carboxylic acids is 1. The van der Waals surface area contributed by atoms with Crippen molar-refractivity contribution in [2.45, 2.75) is 49.2 Å². The van der Waals surface area contributed by atoms with E-state index in [9.17, 15) is 43.3 Å². The van der Waals surface area contributed by atoms with Crippen LogP contribution in [0, 0.1) is 20.2 Å². The molecular weight excluding hydrogens is 765 g/mol. The number of benzene rings is 4. The summed E-state index contributed by atoms with van der Waals surface area (Å²) in [6, 6.07) is 24.1. The van der Waals surface area contributed by atoms with Gasteiger partial charge in [-0.2, -0.15) is 5.10 Å². The predicted octanol–water partition coefficient (Wildman–Crippen LogP) is 6.57. The van der Waals surface area contributed by atoms with Crippen molar-refractivity contribution in [2.24, 2.45) is 5.10 Å². The van der Waals surface area contributed by atoms with Crippen LogP contribution in [0.25, 0.3) is 11.1 Å². The Hall–Kier alpha value is -6.60. The number of nitrogens with zero attached hydrogens (tertiary/aromatic N) is 5. The number of sulfonamides is 1. The first-order valence-corrected chi connectivity index (χ1v) is 19.7. The first-order chi connectivity index (χ1) is 26.8. The summed E-state index contributed by atoms with van der Waals surface area (Å²) in [4.78, 5) is 51.2. The number of carboxylic acid groups (broad SMARTS) is 1. The van der Waals surface area contributed by atoms with E-state index in [1.165, 1.54) is 17.8 Å². The summed E-state index contributed by atoms with van der Waals surface area (Å²) in [5, 5.41) is 40.2. The molecule has 4 aromatic carbocycles. The van der Waals surface area contributed by atoms with Gasteiger partial charge in [0.1, 0.15) is 22.2 Å². The second-order valence-corrected chi connectivity index (χ2v) is 14.6. The number of nitro benzene ring substituents is 2. The zero-order chi connectivity index (χ0) is 40.4. The Morgan fingerprint density at radius 1 is 0.929 bits per heavy atom. The van der Waals surface area contributed by atoms with E-state index in [2.05, 4.69) is 20.6 Å². The first kappa shape index (κ1) is 40.6. The van der Waals surface area contributed by atoms with Crippen molar-refractivity contribution in [1.29, 1.82) is 0 Å². The molecule has 0 saturated carbocycles. The number of amides is 2. The standard InChI is InChI=1S/C37H36N8O9S2/c1-3-4-14-32-39-35(55-2)34(33(36(46)47)41-40-29-20-19-27(44(49)50)21-30(29)45(51)52)43(32)23-25-15-17-26(18-16-25)28-12-8-9-13-31(28)56(53,54)42-37(48)38-22-24-10-6-5-7-11-24/h5-13,15-21,40H,3-4,14,22-23H2,1-2H3,(H,46,47)(H2,38,42,48). The summed E-state index contributed by atoms with van der Waals surface area (Å²) in [6.45, 7) is 2.24. The number of hydrogen-bond acceptors (Lipinski definition) is 12. The Bertz CT molecular complexity index is 2400. The number of aryl methyl sites for hydroxylation is 1. The second kappa shape index (κ2) is 18.2. The van der Waals surface area contributed by atoms with Crippen LogP contribution in [0.3, 0.4) is 0 Å². The number of nitro groups is 2. The summed E-state index contributed by atoms with van der Waals surface area (Å²) in [7, 11) is -4.30. The minimum absolute atomic E-state index is 0.117. The molecule has 0 atom stereocenters. The van der Waals surface area contributed by atoms with Crippen LogP contribution < -0.4 is 15.5 Å². The summed E-state index contributed by atoms with van der Waals surface area (Å²) < 4.78 is 30.6. The highest BCUT2D eigenvalue weighted by Gasteiger charge is 2.28. The van der Waals surface area contributed by atoms with E-state index in [4.69, 9.17) is 4.98 Å². The lowest BCUT2D eigenvalue weighted by Crippen LogP contribution is -2.39. The average Bonchev–Trinajstić information content (AvgIpc) is 3.52. The number of urea groups is 1. The van der Waals surface area contributed by atoms with Crippen molar-refractivity contribution in [3.05, 3.63) is 140 Å². The number of hydrogen-bond donors (Lipinski definition) is 4. The van der Waals surface area contributed by atoms with Crippen LogP contribution in [0.1, 0.15) is 42.4 Å². The lowest BCUT2D eigenvalue weighted by Gasteiger charge is -2.15. The smallest absolute Gasteiger partial charge is 0.358 e. The number of rotatable bonds is 17. The van der Waals surface area contributed by atoms with Crippen molar-refractivity contribution in [2.75, 3.05) is 11.7 Å². The third-order valence-corrected chi connectivity index (χ3v) is 10.4. The number of aliphatic carboxylic acids is 1. The normalized spacial score (nSPS) is 11.5. The average molecular weight is 801 g/mol. The maximum absolute atomic E-state index is 13.4. The minimum Gasteiger partial charge on any atom is -0.476 e. The van der Waals surface area contributed by atoms with Crippen molar-refractivity contribution in [3.8, 4) is 11.1 Å². The summed E-state index contributed by atoms with van der Waals surface area (Å²) in [5.74, 6) is -0.894. The van der Waals surface area contributed by atoms with Gasteiger partial charge in [-0.15, -0.1) is 11.8 Å². The fraction of sp³-hybridized carbons (Fsp3) is 0.189. The van der Waals surface area contributed by atoms with Gasteiger partial charge in [-0.3, -0.25) is 25.7 Å². The number of thioether (sulfide) groups is 1. The molecule has 5 rings (SSSR count). The third-order valence-electron chi connectivity index (χ3n) is 8.37. The second-order valence-electron chi connectivity index (χ2n) is 12.1. The molecule has 0 aliphatic rings. The number of imidazole rings is 1. The van der Waals surface area contributed by atoms with Crippen LogP contribution in [0.4, 0.5) is 21.9 Å². The van der Waals surface area contributed by atoms with Crippen LogP contribution in [0.5, 0.6) is 0 Å². The number of aromatic nitrogens is 2. The zero-order valence-corrected chi connectivity index (χ0v) is 31.7. The van der Waals surface area contributed by atoms with Crippen molar-refractivity contribution in [1.82, 2.24) is 19.6 Å². The number of non-ortho nitro benzene ring substituents is 1. The van der Waals surface area contributed by atoms with E-state index < -0.39 is 49.0 Å². The molecule has 290 valence electrons. The van der Waals surface area contributed by atoms with Gasteiger partial charge in [-0.05, 0) is 41.5 Å². The highest BCUT2D eigenvalue weighted by molar-refractivity contribution is 7.98. The van der Waals surface area contributed by atoms with Gasteiger partial charge >= 0.3 is 17.7 Å². The van der Waals surface area contributed by atoms with Gasteiger partial charge in [0.2, 0.25) is 0 Å². The first-order valence-electron chi connectivity index (χ1n) is 17.0. The van der Waals surface area contributed by atoms with E-state index >= 15 is 0 Å². The SMILES string of the molecule is CCCCc1nc(SC)c(C(=NNc2ccc([N+](=O)[O-])cc2[N+](=O)[O-])C(=O)O)n1Cc1ccc(-c2ccccc2S(=O)(=O)NC(=O)NCc2ccccc2)cc1. The summed E-state index contributed by atoms with van der Waals surface area (Å²) in [5.41, 5.74) is 2.94. The Morgan fingerprint density at radius 2 is 1.62 bits per heavy atom. The molecule has 0 fully saturated rings. The molecule has 0 aliphatic heterocycles. The lowest BCUT2D eigenvalue weighted by atomic mass is 10.0. The Kier molecular flexibility index (Phi) is 13.2. The van der Waals surface area contributed by atoms with Crippen LogP contribution in [-0.2, 0) is 34.3 Å². The number of carbonyl (C=O) groups is 2. The number of unbranched alkanes of at least 4 members (excludes halogenated alkanes) is 1.